The van der Waals surface area contributed by atoms with E-state index in [0.717, 1.165) is 62.3 Å². The van der Waals surface area contributed by atoms with E-state index in [1.54, 1.807) is 12.3 Å². The molecule has 1 aliphatic rings. The van der Waals surface area contributed by atoms with E-state index in [1.807, 2.05) is 30.3 Å². The van der Waals surface area contributed by atoms with Gasteiger partial charge in [0.05, 0.1) is 0 Å². The number of amides is 1. The minimum absolute atomic E-state index is 0.0740. The average Bonchev–Trinajstić information content (AvgIpc) is 2.97. The van der Waals surface area contributed by atoms with Gasteiger partial charge in [0.25, 0.3) is 0 Å². The molecular formula is C30H39N7O3. The fourth-order valence-electron chi connectivity index (χ4n) is 4.79. The van der Waals surface area contributed by atoms with Crippen molar-refractivity contribution in [2.75, 3.05) is 43.4 Å². The molecule has 1 aromatic carbocycles. The highest BCUT2D eigenvalue weighted by molar-refractivity contribution is 5.77. The Kier molecular flexibility index (Phi) is 10.8. The molecule has 1 unspecified atom stereocenters. The molecule has 40 heavy (non-hydrogen) atoms. The Morgan fingerprint density at radius 2 is 1.90 bits per heavy atom. The van der Waals surface area contributed by atoms with Crippen LogP contribution in [0.1, 0.15) is 43.9 Å². The number of rotatable bonds is 15. The molecule has 4 rings (SSSR count). The smallest absolute Gasteiger partial charge is 0.326 e. The Morgan fingerprint density at radius 1 is 1.05 bits per heavy atom. The topological polar surface area (TPSA) is 132 Å². The van der Waals surface area contributed by atoms with E-state index in [4.69, 9.17) is 4.98 Å². The van der Waals surface area contributed by atoms with Crippen molar-refractivity contribution < 1.29 is 14.7 Å². The van der Waals surface area contributed by atoms with Crippen LogP contribution in [0.15, 0.2) is 54.7 Å². The van der Waals surface area contributed by atoms with Gasteiger partial charge in [-0.15, -0.1) is 0 Å². The third kappa shape index (κ3) is 9.01. The number of nitrogens with zero attached hydrogens (tertiary/aromatic N) is 4. The molecule has 0 saturated carbocycles. The Bertz CT molecular complexity index is 1260. The molecule has 1 amide bonds. The van der Waals surface area contributed by atoms with Crippen LogP contribution in [0.25, 0.3) is 11.4 Å². The number of anilines is 2. The fraction of sp³-hybridized carbons (Fsp3) is 0.433. The summed E-state index contributed by atoms with van der Waals surface area (Å²) >= 11 is 0. The Morgan fingerprint density at radius 3 is 2.70 bits per heavy atom. The predicted molar refractivity (Wildman–Crippen MR) is 156 cm³/mol. The number of unbranched alkanes of at least 4 members (excludes halogenated alkanes) is 1. The summed E-state index contributed by atoms with van der Waals surface area (Å²) in [4.78, 5) is 39.3. The van der Waals surface area contributed by atoms with Gasteiger partial charge in [-0.3, -0.25) is 4.79 Å². The Hall–Kier alpha value is -4.05. The SMILES string of the molecule is CC(=O)NCCN(CCCCc1ccc2c(n1)NCCC2)CCC(Nc1ccnc(-c2ccccc2)n1)C(=O)O. The van der Waals surface area contributed by atoms with Crippen molar-refractivity contribution in [1.29, 1.82) is 0 Å². The normalized spacial score (nSPS) is 13.2. The summed E-state index contributed by atoms with van der Waals surface area (Å²) in [5.41, 5.74) is 3.25. The van der Waals surface area contributed by atoms with Crippen LogP contribution in [0.3, 0.4) is 0 Å². The summed E-state index contributed by atoms with van der Waals surface area (Å²) in [6.07, 6.45) is 7.06. The van der Waals surface area contributed by atoms with Gasteiger partial charge in [-0.2, -0.15) is 0 Å². The first-order chi connectivity index (χ1) is 19.5. The number of nitrogens with one attached hydrogen (secondary N) is 3. The second-order valence-electron chi connectivity index (χ2n) is 10.1. The van der Waals surface area contributed by atoms with E-state index in [2.05, 4.69) is 43.0 Å². The zero-order valence-electron chi connectivity index (χ0n) is 23.1. The van der Waals surface area contributed by atoms with Crippen LogP contribution in [-0.4, -0.2) is 75.6 Å². The quantitative estimate of drug-likeness (QED) is 0.211. The van der Waals surface area contributed by atoms with Crippen molar-refractivity contribution in [3.63, 3.8) is 0 Å². The molecule has 0 radical (unpaired) electrons. The van der Waals surface area contributed by atoms with Crippen LogP contribution >= 0.6 is 0 Å². The molecule has 0 saturated heterocycles. The first-order valence-corrected chi connectivity index (χ1v) is 14.0. The highest BCUT2D eigenvalue weighted by Crippen LogP contribution is 2.20. The molecule has 3 heterocycles. The van der Waals surface area contributed by atoms with Crippen LogP contribution in [0.4, 0.5) is 11.6 Å². The molecule has 1 aliphatic heterocycles. The number of fused-ring (bicyclic) bond motifs is 1. The first kappa shape index (κ1) is 28.9. The number of carboxylic acids is 1. The van der Waals surface area contributed by atoms with Crippen molar-refractivity contribution in [2.45, 2.75) is 51.5 Å². The maximum absolute atomic E-state index is 12.1. The summed E-state index contributed by atoms with van der Waals surface area (Å²) in [6, 6.07) is 14.8. The number of aromatic nitrogens is 3. The second-order valence-corrected chi connectivity index (χ2v) is 10.1. The minimum Gasteiger partial charge on any atom is -0.480 e. The number of hydrogen-bond acceptors (Lipinski definition) is 8. The first-order valence-electron chi connectivity index (χ1n) is 14.0. The second kappa shape index (κ2) is 14.9. The van der Waals surface area contributed by atoms with Gasteiger partial charge in [0.1, 0.15) is 17.7 Å². The zero-order valence-corrected chi connectivity index (χ0v) is 23.1. The molecular weight excluding hydrogens is 506 g/mol. The van der Waals surface area contributed by atoms with Crippen LogP contribution in [-0.2, 0) is 22.4 Å². The van der Waals surface area contributed by atoms with Crippen molar-refractivity contribution in [3.05, 3.63) is 66.0 Å². The van der Waals surface area contributed by atoms with E-state index in [1.165, 1.54) is 12.5 Å². The lowest BCUT2D eigenvalue weighted by molar-refractivity contribution is -0.138. The Labute approximate surface area is 235 Å². The summed E-state index contributed by atoms with van der Waals surface area (Å²) < 4.78 is 0. The van der Waals surface area contributed by atoms with Gasteiger partial charge >= 0.3 is 5.97 Å². The molecule has 10 nitrogen and oxygen atoms in total. The largest absolute Gasteiger partial charge is 0.480 e. The molecule has 4 N–H and O–H groups in total. The van der Waals surface area contributed by atoms with E-state index >= 15 is 0 Å². The fourth-order valence-corrected chi connectivity index (χ4v) is 4.79. The van der Waals surface area contributed by atoms with Gasteiger partial charge in [-0.25, -0.2) is 19.7 Å². The number of pyridine rings is 1. The van der Waals surface area contributed by atoms with Crippen LogP contribution in [0.2, 0.25) is 0 Å². The van der Waals surface area contributed by atoms with Gasteiger partial charge < -0.3 is 26.0 Å². The number of hydrogen-bond donors (Lipinski definition) is 4. The van der Waals surface area contributed by atoms with Crippen molar-refractivity contribution in [1.82, 2.24) is 25.2 Å². The lowest BCUT2D eigenvalue weighted by Gasteiger charge is -2.24. The van der Waals surface area contributed by atoms with Crippen molar-refractivity contribution in [3.8, 4) is 11.4 Å². The van der Waals surface area contributed by atoms with Gasteiger partial charge in [-0.05, 0) is 62.8 Å². The lowest BCUT2D eigenvalue weighted by atomic mass is 10.1. The Balaban J connectivity index is 1.30. The van der Waals surface area contributed by atoms with E-state index in [0.29, 0.717) is 37.7 Å². The van der Waals surface area contributed by atoms with Gasteiger partial charge in [-0.1, -0.05) is 36.4 Å². The van der Waals surface area contributed by atoms with Gasteiger partial charge in [0, 0.05) is 50.6 Å². The molecule has 10 heteroatoms. The molecule has 0 spiro atoms. The molecule has 0 fully saturated rings. The maximum atomic E-state index is 12.1. The lowest BCUT2D eigenvalue weighted by Crippen LogP contribution is -2.39. The van der Waals surface area contributed by atoms with Crippen LogP contribution in [0.5, 0.6) is 0 Å². The number of carbonyl (C=O) groups is 2. The summed E-state index contributed by atoms with van der Waals surface area (Å²) in [7, 11) is 0. The molecule has 212 valence electrons. The standard InChI is InChI=1S/C30H39N7O3/c1-22(38)31-18-21-37(19-6-5-11-25-13-12-24-10-7-16-32-28(24)34-25)20-15-26(30(39)40)35-27-14-17-33-29(36-27)23-8-3-2-4-9-23/h2-4,8-9,12-14,17,26H,5-7,10-11,15-16,18-21H2,1H3,(H,31,38)(H,32,34)(H,39,40)(H,33,35,36). The maximum Gasteiger partial charge on any atom is 0.326 e. The zero-order chi connectivity index (χ0) is 28.2. The summed E-state index contributed by atoms with van der Waals surface area (Å²) in [5, 5.41) is 19.2. The number of aliphatic carboxylic acids is 1. The third-order valence-corrected chi connectivity index (χ3v) is 6.95. The molecule has 3 aromatic rings. The number of carbonyl (C=O) groups excluding carboxylic acids is 1. The number of carboxylic acid groups (broad SMARTS) is 1. The third-order valence-electron chi connectivity index (χ3n) is 6.95. The summed E-state index contributed by atoms with van der Waals surface area (Å²) in [6.45, 7) is 5.02. The van der Waals surface area contributed by atoms with Gasteiger partial charge in [0.2, 0.25) is 5.91 Å². The van der Waals surface area contributed by atoms with Gasteiger partial charge in [0.15, 0.2) is 5.82 Å². The number of aryl methyl sites for hydroxylation is 2. The summed E-state index contributed by atoms with van der Waals surface area (Å²) in [5.74, 6) is 1.02. The van der Waals surface area contributed by atoms with E-state index in [9.17, 15) is 14.7 Å². The minimum atomic E-state index is -0.936. The highest BCUT2D eigenvalue weighted by atomic mass is 16.4. The average molecular weight is 546 g/mol. The van der Waals surface area contributed by atoms with Crippen LogP contribution < -0.4 is 16.0 Å². The van der Waals surface area contributed by atoms with Crippen molar-refractivity contribution in [2.24, 2.45) is 0 Å². The monoisotopic (exact) mass is 545 g/mol. The molecule has 2 aromatic heterocycles. The molecule has 0 bridgehead atoms. The van der Waals surface area contributed by atoms with E-state index in [-0.39, 0.29) is 5.91 Å². The highest BCUT2D eigenvalue weighted by Gasteiger charge is 2.20. The molecule has 0 aliphatic carbocycles. The van der Waals surface area contributed by atoms with Crippen LogP contribution in [0, 0.1) is 0 Å². The van der Waals surface area contributed by atoms with E-state index < -0.39 is 12.0 Å². The molecule has 1 atom stereocenters. The predicted octanol–water partition coefficient (Wildman–Crippen LogP) is 3.61. The number of benzene rings is 1. The van der Waals surface area contributed by atoms with Crippen molar-refractivity contribution >= 4 is 23.5 Å².